The Kier molecular flexibility index (Phi) is 8.41. The van der Waals surface area contributed by atoms with Crippen LogP contribution in [0.4, 0.5) is 11.4 Å². The highest BCUT2D eigenvalue weighted by atomic mass is 32.2. The fraction of sp³-hybridized carbons (Fsp3) is 0.381. The lowest BCUT2D eigenvalue weighted by molar-refractivity contribution is -0.387. The average molecular weight is 466 g/mol. The van der Waals surface area contributed by atoms with Crippen molar-refractivity contribution >= 4 is 27.3 Å². The van der Waals surface area contributed by atoms with Crippen LogP contribution in [-0.4, -0.2) is 46.1 Å². The zero-order chi connectivity index (χ0) is 23.9. The molecule has 0 aliphatic carbocycles. The maximum absolute atomic E-state index is 13.6. The molecule has 0 unspecified atom stereocenters. The molecule has 0 heterocycles. The van der Waals surface area contributed by atoms with Gasteiger partial charge in [-0.1, -0.05) is 25.5 Å². The quantitative estimate of drug-likeness (QED) is 0.399. The second-order valence-electron chi connectivity index (χ2n) is 7.03. The Balaban J connectivity index is 2.61. The number of nitrogens with zero attached hydrogens (tertiary/aromatic N) is 2. The van der Waals surface area contributed by atoms with Gasteiger partial charge in [0.2, 0.25) is 5.91 Å². The molecule has 0 bridgehead atoms. The van der Waals surface area contributed by atoms with E-state index in [0.717, 1.165) is 22.9 Å². The molecule has 0 aliphatic heterocycles. The third-order valence-electron chi connectivity index (χ3n) is 4.70. The van der Waals surface area contributed by atoms with E-state index in [4.69, 9.17) is 9.47 Å². The molecule has 32 heavy (non-hydrogen) atoms. The highest BCUT2D eigenvalue weighted by Crippen LogP contribution is 2.37. The summed E-state index contributed by atoms with van der Waals surface area (Å²) < 4.78 is 38.5. The van der Waals surface area contributed by atoms with Crippen molar-refractivity contribution in [3.05, 3.63) is 52.6 Å². The minimum absolute atomic E-state index is 0.0461. The molecule has 0 radical (unpaired) electrons. The molecule has 11 heteroatoms. The lowest BCUT2D eigenvalue weighted by atomic mass is 10.2. The van der Waals surface area contributed by atoms with Crippen LogP contribution in [0.2, 0.25) is 0 Å². The number of anilines is 1. The van der Waals surface area contributed by atoms with Gasteiger partial charge in [0, 0.05) is 18.2 Å². The molecule has 0 aliphatic rings. The first-order chi connectivity index (χ1) is 15.1. The number of methoxy groups -OCH3 is 2. The summed E-state index contributed by atoms with van der Waals surface area (Å²) in [4.78, 5) is 22.9. The van der Waals surface area contributed by atoms with Crippen LogP contribution in [-0.2, 0) is 14.8 Å². The zero-order valence-electron chi connectivity index (χ0n) is 18.4. The second kappa shape index (κ2) is 10.8. The van der Waals surface area contributed by atoms with Gasteiger partial charge < -0.3 is 14.8 Å². The summed E-state index contributed by atoms with van der Waals surface area (Å²) >= 11 is 0. The van der Waals surface area contributed by atoms with Crippen LogP contribution < -0.4 is 19.1 Å². The van der Waals surface area contributed by atoms with Crippen molar-refractivity contribution in [3.8, 4) is 11.5 Å². The number of para-hydroxylation sites is 1. The van der Waals surface area contributed by atoms with Crippen LogP contribution in [0.1, 0.15) is 26.7 Å². The van der Waals surface area contributed by atoms with Gasteiger partial charge in [-0.2, -0.15) is 0 Å². The number of carbonyl (C=O) groups is 1. The van der Waals surface area contributed by atoms with Crippen LogP contribution >= 0.6 is 0 Å². The van der Waals surface area contributed by atoms with Crippen molar-refractivity contribution in [1.82, 2.24) is 5.32 Å². The van der Waals surface area contributed by atoms with Gasteiger partial charge >= 0.3 is 0 Å². The van der Waals surface area contributed by atoms with E-state index in [1.54, 1.807) is 0 Å². The highest BCUT2D eigenvalue weighted by molar-refractivity contribution is 7.93. The Hall–Kier alpha value is -3.34. The topological polar surface area (TPSA) is 128 Å². The molecule has 1 atom stereocenters. The standard InChI is InChI=1S/C21H27N3O7S/c1-5-8-15(2)22-21(25)14-23(17-12-11-16(30-3)13-19(17)31-4)32(28,29)20-10-7-6-9-18(20)24(26)27/h6-7,9-13,15H,5,8,14H2,1-4H3,(H,22,25)/t15-/m1/s1. The van der Waals surface area contributed by atoms with Crippen molar-refractivity contribution in [2.75, 3.05) is 25.1 Å². The monoisotopic (exact) mass is 465 g/mol. The summed E-state index contributed by atoms with van der Waals surface area (Å²) in [6.07, 6.45) is 1.56. The van der Waals surface area contributed by atoms with Gasteiger partial charge in [-0.25, -0.2) is 8.42 Å². The van der Waals surface area contributed by atoms with Gasteiger partial charge in [0.25, 0.3) is 15.7 Å². The maximum atomic E-state index is 13.6. The van der Waals surface area contributed by atoms with E-state index in [1.165, 1.54) is 44.6 Å². The largest absolute Gasteiger partial charge is 0.497 e. The molecular formula is C21H27N3O7S. The van der Waals surface area contributed by atoms with E-state index >= 15 is 0 Å². The molecule has 1 amide bonds. The molecule has 1 N–H and O–H groups in total. The Labute approximate surface area is 187 Å². The smallest absolute Gasteiger partial charge is 0.289 e. The predicted molar refractivity (Wildman–Crippen MR) is 120 cm³/mol. The summed E-state index contributed by atoms with van der Waals surface area (Å²) in [5, 5.41) is 14.2. The van der Waals surface area contributed by atoms with E-state index in [0.29, 0.717) is 12.2 Å². The number of nitrogens with one attached hydrogen (secondary N) is 1. The van der Waals surface area contributed by atoms with Gasteiger partial charge in [0.15, 0.2) is 4.90 Å². The van der Waals surface area contributed by atoms with Gasteiger partial charge in [0.1, 0.15) is 18.0 Å². The number of benzene rings is 2. The Morgan fingerprint density at radius 2 is 1.88 bits per heavy atom. The highest BCUT2D eigenvalue weighted by Gasteiger charge is 2.34. The number of rotatable bonds is 11. The number of hydrogen-bond acceptors (Lipinski definition) is 7. The average Bonchev–Trinajstić information content (AvgIpc) is 2.77. The molecule has 0 saturated carbocycles. The fourth-order valence-electron chi connectivity index (χ4n) is 3.19. The molecule has 10 nitrogen and oxygen atoms in total. The number of nitro benzene ring substituents is 1. The molecule has 0 fully saturated rings. The molecule has 2 aromatic rings. The first-order valence-electron chi connectivity index (χ1n) is 9.93. The van der Waals surface area contributed by atoms with Gasteiger partial charge in [-0.05, 0) is 31.5 Å². The summed E-state index contributed by atoms with van der Waals surface area (Å²) in [6.45, 7) is 3.19. The number of amides is 1. The molecule has 0 aromatic heterocycles. The van der Waals surface area contributed by atoms with E-state index < -0.39 is 38.0 Å². The first kappa shape index (κ1) is 24.9. The van der Waals surface area contributed by atoms with Crippen molar-refractivity contribution in [2.45, 2.75) is 37.6 Å². The van der Waals surface area contributed by atoms with Crippen molar-refractivity contribution < 1.29 is 27.6 Å². The Morgan fingerprint density at radius 3 is 2.47 bits per heavy atom. The van der Waals surface area contributed by atoms with E-state index in [2.05, 4.69) is 5.32 Å². The van der Waals surface area contributed by atoms with Crippen molar-refractivity contribution in [1.29, 1.82) is 0 Å². The third-order valence-corrected chi connectivity index (χ3v) is 6.51. The minimum atomic E-state index is -4.52. The van der Waals surface area contributed by atoms with Gasteiger partial charge in [-0.3, -0.25) is 19.2 Å². The fourth-order valence-corrected chi connectivity index (χ4v) is 4.78. The van der Waals surface area contributed by atoms with Crippen LogP contribution in [0.25, 0.3) is 0 Å². The number of carbonyl (C=O) groups excluding carboxylic acids is 1. The molecule has 174 valence electrons. The van der Waals surface area contributed by atoms with E-state index in [-0.39, 0.29) is 17.5 Å². The predicted octanol–water partition coefficient (Wildman–Crippen LogP) is 3.11. The Morgan fingerprint density at radius 1 is 1.19 bits per heavy atom. The van der Waals surface area contributed by atoms with Crippen LogP contribution in [0.3, 0.4) is 0 Å². The maximum Gasteiger partial charge on any atom is 0.289 e. The van der Waals surface area contributed by atoms with E-state index in [1.807, 2.05) is 13.8 Å². The SMILES string of the molecule is CCC[C@@H](C)NC(=O)CN(c1ccc(OC)cc1OC)S(=O)(=O)c1ccccc1[N+](=O)[O-]. The van der Waals surface area contributed by atoms with Crippen molar-refractivity contribution in [3.63, 3.8) is 0 Å². The summed E-state index contributed by atoms with van der Waals surface area (Å²) in [5.74, 6) is -0.0124. The number of nitro groups is 1. The van der Waals surface area contributed by atoms with Crippen LogP contribution in [0, 0.1) is 10.1 Å². The first-order valence-corrected chi connectivity index (χ1v) is 11.4. The molecular weight excluding hydrogens is 438 g/mol. The minimum Gasteiger partial charge on any atom is -0.497 e. The summed E-state index contributed by atoms with van der Waals surface area (Å²) in [5.41, 5.74) is -0.547. The third kappa shape index (κ3) is 5.67. The van der Waals surface area contributed by atoms with Gasteiger partial charge in [-0.15, -0.1) is 0 Å². The van der Waals surface area contributed by atoms with Crippen LogP contribution in [0.5, 0.6) is 11.5 Å². The lowest BCUT2D eigenvalue weighted by Crippen LogP contribution is -2.43. The normalized spacial score (nSPS) is 12.0. The molecule has 2 rings (SSSR count). The number of ether oxygens (including phenoxy) is 2. The lowest BCUT2D eigenvalue weighted by Gasteiger charge is -2.26. The van der Waals surface area contributed by atoms with Gasteiger partial charge in [0.05, 0.1) is 24.8 Å². The summed E-state index contributed by atoms with van der Waals surface area (Å²) in [7, 11) is -1.73. The molecule has 0 spiro atoms. The number of sulfonamides is 1. The zero-order valence-corrected chi connectivity index (χ0v) is 19.2. The molecule has 2 aromatic carbocycles. The summed E-state index contributed by atoms with van der Waals surface area (Å²) in [6, 6.07) is 9.22. The van der Waals surface area contributed by atoms with E-state index in [9.17, 15) is 23.3 Å². The number of hydrogen-bond donors (Lipinski definition) is 1. The second-order valence-corrected chi connectivity index (χ2v) is 8.86. The van der Waals surface area contributed by atoms with Crippen LogP contribution in [0.15, 0.2) is 47.4 Å². The van der Waals surface area contributed by atoms with Crippen molar-refractivity contribution in [2.24, 2.45) is 0 Å². The Bertz CT molecular complexity index is 1070. The molecule has 0 saturated heterocycles.